The van der Waals surface area contributed by atoms with Crippen molar-refractivity contribution in [2.24, 2.45) is 0 Å². The van der Waals surface area contributed by atoms with E-state index in [2.05, 4.69) is 9.97 Å². The minimum Gasteiger partial charge on any atom is -0.362 e. The van der Waals surface area contributed by atoms with Gasteiger partial charge in [-0.25, -0.2) is 4.98 Å². The second kappa shape index (κ2) is 5.40. The van der Waals surface area contributed by atoms with Crippen LogP contribution in [-0.2, 0) is 0 Å². The van der Waals surface area contributed by atoms with E-state index in [1.165, 1.54) is 11.8 Å². The normalized spacial score (nSPS) is 10.6. The molecule has 0 aliphatic rings. The molecule has 0 saturated heterocycles. The molecule has 0 spiro atoms. The molecule has 4 heteroatoms. The number of thioether (sulfide) groups is 1. The number of aryl methyl sites for hydroxylation is 3. The summed E-state index contributed by atoms with van der Waals surface area (Å²) in [4.78, 5) is 19.5. The maximum Gasteiger partial charge on any atom is 0.174 e. The Morgan fingerprint density at radius 2 is 2.11 bits per heavy atom. The highest BCUT2D eigenvalue weighted by Crippen LogP contribution is 2.18. The monoisotopic (exact) mass is 260 g/mol. The number of hydrogen-bond acceptors (Lipinski definition) is 3. The van der Waals surface area contributed by atoms with Gasteiger partial charge in [0.2, 0.25) is 0 Å². The molecule has 3 nitrogen and oxygen atoms in total. The summed E-state index contributed by atoms with van der Waals surface area (Å²) in [5.74, 6) is 0.568. The number of aromatic amines is 1. The summed E-state index contributed by atoms with van der Waals surface area (Å²) >= 11 is 1.48. The molecule has 1 N–H and O–H groups in total. The summed E-state index contributed by atoms with van der Waals surface area (Å²) in [6.45, 7) is 5.88. The predicted octanol–water partition coefficient (Wildman–Crippen LogP) is 3.31. The summed E-state index contributed by atoms with van der Waals surface area (Å²) in [6.07, 6.45) is 1.82. The van der Waals surface area contributed by atoms with Crippen molar-refractivity contribution >= 4 is 17.5 Å². The van der Waals surface area contributed by atoms with Crippen molar-refractivity contribution in [2.45, 2.75) is 25.8 Å². The van der Waals surface area contributed by atoms with Crippen LogP contribution >= 0.6 is 11.8 Å². The fourth-order valence-electron chi connectivity index (χ4n) is 1.77. The minimum atomic E-state index is 0.143. The molecule has 2 aromatic rings. The average Bonchev–Trinajstić information content (AvgIpc) is 2.67. The van der Waals surface area contributed by atoms with Gasteiger partial charge in [-0.05, 0) is 38.5 Å². The van der Waals surface area contributed by atoms with Crippen molar-refractivity contribution in [1.82, 2.24) is 9.97 Å². The number of nitrogens with zero attached hydrogens (tertiary/aromatic N) is 1. The van der Waals surface area contributed by atoms with Crippen LogP contribution < -0.4 is 0 Å². The summed E-state index contributed by atoms with van der Waals surface area (Å²) in [6, 6.07) is 5.86. The van der Waals surface area contributed by atoms with Crippen LogP contribution in [0, 0.1) is 20.8 Å². The van der Waals surface area contributed by atoms with Gasteiger partial charge in [-0.3, -0.25) is 4.79 Å². The molecule has 2 aromatic heterocycles. The van der Waals surface area contributed by atoms with E-state index in [1.807, 2.05) is 45.2 Å². The van der Waals surface area contributed by atoms with Gasteiger partial charge in [0.05, 0.1) is 10.8 Å². The van der Waals surface area contributed by atoms with Crippen molar-refractivity contribution in [3.05, 3.63) is 46.9 Å². The maximum absolute atomic E-state index is 12.1. The van der Waals surface area contributed by atoms with Gasteiger partial charge in [-0.1, -0.05) is 17.8 Å². The zero-order valence-corrected chi connectivity index (χ0v) is 11.6. The van der Waals surface area contributed by atoms with Crippen LogP contribution in [0.25, 0.3) is 0 Å². The van der Waals surface area contributed by atoms with Crippen molar-refractivity contribution in [3.8, 4) is 0 Å². The number of pyridine rings is 1. The number of carbonyl (C=O) groups excluding carboxylic acids is 1. The highest BCUT2D eigenvalue weighted by atomic mass is 32.2. The maximum atomic E-state index is 12.1. The largest absolute Gasteiger partial charge is 0.362 e. The zero-order chi connectivity index (χ0) is 13.1. The van der Waals surface area contributed by atoms with E-state index in [9.17, 15) is 4.79 Å². The third kappa shape index (κ3) is 3.01. The van der Waals surface area contributed by atoms with Gasteiger partial charge in [0.1, 0.15) is 0 Å². The first kappa shape index (κ1) is 12.9. The molecular weight excluding hydrogens is 244 g/mol. The summed E-state index contributed by atoms with van der Waals surface area (Å²) in [5.41, 5.74) is 3.87. The first-order chi connectivity index (χ1) is 8.56. The molecule has 18 heavy (non-hydrogen) atoms. The van der Waals surface area contributed by atoms with E-state index < -0.39 is 0 Å². The average molecular weight is 260 g/mol. The smallest absolute Gasteiger partial charge is 0.174 e. The first-order valence-corrected chi connectivity index (χ1v) is 6.79. The molecular formula is C14H16N2OS. The number of rotatable bonds is 4. The lowest BCUT2D eigenvalue weighted by Crippen LogP contribution is -2.03. The van der Waals surface area contributed by atoms with E-state index in [1.54, 1.807) is 0 Å². The second-order valence-electron chi connectivity index (χ2n) is 4.38. The predicted molar refractivity (Wildman–Crippen MR) is 74.3 cm³/mol. The molecule has 0 fully saturated rings. The molecule has 0 atom stereocenters. The molecule has 94 valence electrons. The Hall–Kier alpha value is -1.55. The second-order valence-corrected chi connectivity index (χ2v) is 5.37. The lowest BCUT2D eigenvalue weighted by Gasteiger charge is -2.01. The van der Waals surface area contributed by atoms with Gasteiger partial charge in [0.25, 0.3) is 0 Å². The first-order valence-electron chi connectivity index (χ1n) is 5.81. The van der Waals surface area contributed by atoms with Crippen LogP contribution in [-0.4, -0.2) is 21.5 Å². The van der Waals surface area contributed by atoms with Crippen LogP contribution in [0.2, 0.25) is 0 Å². The van der Waals surface area contributed by atoms with E-state index in [0.29, 0.717) is 5.75 Å². The Labute approximate surface area is 111 Å². The lowest BCUT2D eigenvalue weighted by molar-refractivity contribution is 0.102. The summed E-state index contributed by atoms with van der Waals surface area (Å²) in [7, 11) is 0. The molecule has 0 amide bonds. The van der Waals surface area contributed by atoms with Crippen LogP contribution in [0.15, 0.2) is 29.4 Å². The fraction of sp³-hybridized carbons (Fsp3) is 0.286. The van der Waals surface area contributed by atoms with Crippen LogP contribution in [0.3, 0.4) is 0 Å². The number of ketones is 1. The third-order valence-electron chi connectivity index (χ3n) is 2.69. The Morgan fingerprint density at radius 3 is 2.67 bits per heavy atom. The molecule has 0 aromatic carbocycles. The number of nitrogens with one attached hydrogen (secondary N) is 1. The molecule has 0 unspecified atom stereocenters. The number of H-pyrrole nitrogens is 1. The number of hydrogen-bond donors (Lipinski definition) is 1. The van der Waals surface area contributed by atoms with Gasteiger partial charge in [0.15, 0.2) is 5.78 Å². The van der Waals surface area contributed by atoms with Crippen LogP contribution in [0.5, 0.6) is 0 Å². The van der Waals surface area contributed by atoms with E-state index >= 15 is 0 Å². The van der Waals surface area contributed by atoms with E-state index in [4.69, 9.17) is 0 Å². The molecule has 0 saturated carbocycles. The molecule has 0 radical (unpaired) electrons. The minimum absolute atomic E-state index is 0.143. The SMILES string of the molecule is Cc1ccc(SCC(=O)c2cc(C)[nH]c2C)nc1. The highest BCUT2D eigenvalue weighted by Gasteiger charge is 2.12. The highest BCUT2D eigenvalue weighted by molar-refractivity contribution is 7.99. The topological polar surface area (TPSA) is 45.8 Å². The Morgan fingerprint density at radius 1 is 1.33 bits per heavy atom. The molecule has 0 bridgehead atoms. The number of Topliss-reactive ketones (excluding diaryl/α,β-unsaturated/α-hetero) is 1. The molecule has 2 rings (SSSR count). The Balaban J connectivity index is 2.00. The van der Waals surface area contributed by atoms with E-state index in [0.717, 1.165) is 27.5 Å². The molecule has 0 aliphatic carbocycles. The standard InChI is InChI=1S/C14H16N2OS/c1-9-4-5-14(15-7-9)18-8-13(17)12-6-10(2)16-11(12)3/h4-7,16H,8H2,1-3H3. The summed E-state index contributed by atoms with van der Waals surface area (Å²) < 4.78 is 0. The molecule has 0 aliphatic heterocycles. The third-order valence-corrected chi connectivity index (χ3v) is 3.63. The van der Waals surface area contributed by atoms with Gasteiger partial charge < -0.3 is 4.98 Å². The van der Waals surface area contributed by atoms with Crippen LogP contribution in [0.4, 0.5) is 0 Å². The van der Waals surface area contributed by atoms with Crippen molar-refractivity contribution in [3.63, 3.8) is 0 Å². The number of aromatic nitrogens is 2. The van der Waals surface area contributed by atoms with Gasteiger partial charge in [-0.2, -0.15) is 0 Å². The molecule has 2 heterocycles. The quantitative estimate of drug-likeness (QED) is 0.677. The van der Waals surface area contributed by atoms with Gasteiger partial charge in [-0.15, -0.1) is 0 Å². The van der Waals surface area contributed by atoms with Crippen molar-refractivity contribution in [1.29, 1.82) is 0 Å². The summed E-state index contributed by atoms with van der Waals surface area (Å²) in [5, 5.41) is 0.888. The van der Waals surface area contributed by atoms with E-state index in [-0.39, 0.29) is 5.78 Å². The zero-order valence-electron chi connectivity index (χ0n) is 10.8. The van der Waals surface area contributed by atoms with Crippen molar-refractivity contribution < 1.29 is 4.79 Å². The van der Waals surface area contributed by atoms with Crippen LogP contribution in [0.1, 0.15) is 27.3 Å². The van der Waals surface area contributed by atoms with Gasteiger partial charge in [0, 0.05) is 23.1 Å². The number of carbonyl (C=O) groups is 1. The Kier molecular flexibility index (Phi) is 3.87. The van der Waals surface area contributed by atoms with Gasteiger partial charge >= 0.3 is 0 Å². The fourth-order valence-corrected chi connectivity index (χ4v) is 2.50. The lowest BCUT2D eigenvalue weighted by atomic mass is 10.2. The van der Waals surface area contributed by atoms with Crippen molar-refractivity contribution in [2.75, 3.05) is 5.75 Å². The Bertz CT molecular complexity index is 558.